The molecule has 0 aliphatic heterocycles. The Bertz CT molecular complexity index is 1090. The highest BCUT2D eigenvalue weighted by molar-refractivity contribution is 7.20. The first-order valence-corrected chi connectivity index (χ1v) is 11.4. The molecule has 0 bridgehead atoms. The highest BCUT2D eigenvalue weighted by atomic mass is 32.1. The van der Waals surface area contributed by atoms with Crippen LogP contribution in [0, 0.1) is 0 Å². The molecule has 0 radical (unpaired) electrons. The number of carbonyl (C=O) groups excluding carboxylic acids is 1. The SMILES string of the molecule is CC(C)N(CCOc1ccc2sc(C(=O)Nc3ccccc3NC(=O)O)cc2c1)C(C)C. The minimum atomic E-state index is -1.19. The number of anilines is 2. The van der Waals surface area contributed by atoms with Crippen molar-refractivity contribution in [2.45, 2.75) is 39.8 Å². The number of nitrogens with zero attached hydrogens (tertiary/aromatic N) is 1. The molecule has 1 aromatic heterocycles. The van der Waals surface area contributed by atoms with Gasteiger partial charge in [0, 0.05) is 23.3 Å². The number of para-hydroxylation sites is 2. The van der Waals surface area contributed by atoms with Gasteiger partial charge in [-0.2, -0.15) is 0 Å². The first kappa shape index (κ1) is 23.6. The molecule has 0 saturated carbocycles. The zero-order chi connectivity index (χ0) is 23.3. The van der Waals surface area contributed by atoms with Gasteiger partial charge in [0.25, 0.3) is 5.91 Å². The molecule has 1 heterocycles. The summed E-state index contributed by atoms with van der Waals surface area (Å²) in [7, 11) is 0. The van der Waals surface area contributed by atoms with E-state index in [1.165, 1.54) is 11.3 Å². The van der Waals surface area contributed by atoms with Crippen LogP contribution in [0.15, 0.2) is 48.5 Å². The van der Waals surface area contributed by atoms with E-state index < -0.39 is 6.09 Å². The lowest BCUT2D eigenvalue weighted by Crippen LogP contribution is -2.39. The maximum atomic E-state index is 12.8. The molecular formula is C24H29N3O4S. The van der Waals surface area contributed by atoms with Crippen molar-refractivity contribution in [2.75, 3.05) is 23.8 Å². The molecule has 0 atom stereocenters. The lowest BCUT2D eigenvalue weighted by Gasteiger charge is -2.30. The fourth-order valence-electron chi connectivity index (χ4n) is 3.60. The number of rotatable bonds is 9. The van der Waals surface area contributed by atoms with Crippen molar-refractivity contribution < 1.29 is 19.4 Å². The minimum absolute atomic E-state index is 0.294. The lowest BCUT2D eigenvalue weighted by molar-refractivity contribution is 0.103. The first-order valence-electron chi connectivity index (χ1n) is 10.6. The van der Waals surface area contributed by atoms with Crippen LogP contribution in [-0.2, 0) is 0 Å². The van der Waals surface area contributed by atoms with Crippen LogP contribution < -0.4 is 15.4 Å². The molecule has 0 unspecified atom stereocenters. The van der Waals surface area contributed by atoms with E-state index in [0.29, 0.717) is 34.9 Å². The van der Waals surface area contributed by atoms with Crippen molar-refractivity contribution >= 4 is 44.8 Å². The average molecular weight is 456 g/mol. The smallest absolute Gasteiger partial charge is 0.409 e. The van der Waals surface area contributed by atoms with E-state index in [-0.39, 0.29) is 5.91 Å². The van der Waals surface area contributed by atoms with E-state index >= 15 is 0 Å². The summed E-state index contributed by atoms with van der Waals surface area (Å²) in [5.74, 6) is 0.475. The molecular weight excluding hydrogens is 426 g/mol. The van der Waals surface area contributed by atoms with Crippen molar-refractivity contribution in [2.24, 2.45) is 0 Å². The van der Waals surface area contributed by atoms with Gasteiger partial charge in [-0.05, 0) is 69.5 Å². The topological polar surface area (TPSA) is 90.9 Å². The Morgan fingerprint density at radius 2 is 1.66 bits per heavy atom. The van der Waals surface area contributed by atoms with Crippen LogP contribution in [-0.4, -0.2) is 47.2 Å². The third-order valence-electron chi connectivity index (χ3n) is 5.07. The van der Waals surface area contributed by atoms with Crippen molar-refractivity contribution in [3.63, 3.8) is 0 Å². The fraction of sp³-hybridized carbons (Fsp3) is 0.333. The molecule has 0 spiro atoms. The van der Waals surface area contributed by atoms with Gasteiger partial charge < -0.3 is 15.2 Å². The van der Waals surface area contributed by atoms with E-state index in [0.717, 1.165) is 22.4 Å². The van der Waals surface area contributed by atoms with E-state index in [2.05, 4.69) is 43.2 Å². The number of nitrogens with one attached hydrogen (secondary N) is 2. The third kappa shape index (κ3) is 5.99. The highest BCUT2D eigenvalue weighted by Crippen LogP contribution is 2.30. The van der Waals surface area contributed by atoms with Gasteiger partial charge in [-0.15, -0.1) is 11.3 Å². The second-order valence-corrected chi connectivity index (χ2v) is 9.10. The number of fused-ring (bicyclic) bond motifs is 1. The van der Waals surface area contributed by atoms with E-state index in [9.17, 15) is 9.59 Å². The molecule has 3 aromatic rings. The van der Waals surface area contributed by atoms with Crippen LogP contribution in [0.1, 0.15) is 37.4 Å². The molecule has 7 nitrogen and oxygen atoms in total. The summed E-state index contributed by atoms with van der Waals surface area (Å²) in [6.45, 7) is 10.2. The summed E-state index contributed by atoms with van der Waals surface area (Å²) in [5.41, 5.74) is 0.725. The molecule has 2 amide bonds. The van der Waals surface area contributed by atoms with Crippen LogP contribution in [0.5, 0.6) is 5.75 Å². The lowest BCUT2D eigenvalue weighted by atomic mass is 10.2. The van der Waals surface area contributed by atoms with Gasteiger partial charge in [0.05, 0.1) is 16.3 Å². The zero-order valence-electron chi connectivity index (χ0n) is 18.7. The predicted octanol–water partition coefficient (Wildman–Crippen LogP) is 5.74. The van der Waals surface area contributed by atoms with E-state index in [4.69, 9.17) is 9.84 Å². The van der Waals surface area contributed by atoms with Crippen molar-refractivity contribution in [1.82, 2.24) is 4.90 Å². The quantitative estimate of drug-likeness (QED) is 0.383. The largest absolute Gasteiger partial charge is 0.492 e. The Morgan fingerprint density at radius 3 is 2.28 bits per heavy atom. The third-order valence-corrected chi connectivity index (χ3v) is 6.19. The Morgan fingerprint density at radius 1 is 1.00 bits per heavy atom. The second kappa shape index (κ2) is 10.5. The summed E-state index contributed by atoms with van der Waals surface area (Å²) in [6.07, 6.45) is -1.19. The van der Waals surface area contributed by atoms with Crippen LogP contribution >= 0.6 is 11.3 Å². The monoisotopic (exact) mass is 455 g/mol. The van der Waals surface area contributed by atoms with Gasteiger partial charge in [0.1, 0.15) is 12.4 Å². The Kier molecular flexibility index (Phi) is 7.71. The number of hydrogen-bond acceptors (Lipinski definition) is 5. The van der Waals surface area contributed by atoms with Crippen molar-refractivity contribution in [3.8, 4) is 5.75 Å². The number of carboxylic acid groups (broad SMARTS) is 1. The van der Waals surface area contributed by atoms with Crippen LogP contribution in [0.4, 0.5) is 16.2 Å². The van der Waals surface area contributed by atoms with Gasteiger partial charge in [0.2, 0.25) is 0 Å². The number of benzene rings is 2. The molecule has 0 fully saturated rings. The Hall–Kier alpha value is -3.10. The molecule has 0 aliphatic rings. The fourth-order valence-corrected chi connectivity index (χ4v) is 4.54. The van der Waals surface area contributed by atoms with Gasteiger partial charge in [0.15, 0.2) is 0 Å². The van der Waals surface area contributed by atoms with Gasteiger partial charge in [-0.25, -0.2) is 4.79 Å². The molecule has 0 saturated heterocycles. The van der Waals surface area contributed by atoms with E-state index in [1.54, 1.807) is 24.3 Å². The summed E-state index contributed by atoms with van der Waals surface area (Å²) in [5, 5.41) is 15.0. The van der Waals surface area contributed by atoms with Crippen LogP contribution in [0.25, 0.3) is 10.1 Å². The maximum Gasteiger partial charge on any atom is 0.409 e. The first-order chi connectivity index (χ1) is 15.2. The summed E-state index contributed by atoms with van der Waals surface area (Å²) < 4.78 is 6.94. The van der Waals surface area contributed by atoms with E-state index in [1.807, 2.05) is 24.3 Å². The molecule has 2 aromatic carbocycles. The molecule has 0 aliphatic carbocycles. The van der Waals surface area contributed by atoms with Crippen molar-refractivity contribution in [3.05, 3.63) is 53.4 Å². The molecule has 3 N–H and O–H groups in total. The van der Waals surface area contributed by atoms with Gasteiger partial charge >= 0.3 is 6.09 Å². The number of ether oxygens (including phenoxy) is 1. The van der Waals surface area contributed by atoms with Gasteiger partial charge in [-0.3, -0.25) is 15.0 Å². The van der Waals surface area contributed by atoms with Crippen LogP contribution in [0.3, 0.4) is 0 Å². The molecule has 32 heavy (non-hydrogen) atoms. The standard InChI is InChI=1S/C24H29N3O4S/c1-15(2)27(16(3)4)11-12-31-18-9-10-21-17(13-18)14-22(32-21)23(28)25-19-7-5-6-8-20(19)26-24(29)30/h5-10,13-16,26H,11-12H2,1-4H3,(H,25,28)(H,29,30). The number of thiophene rings is 1. The van der Waals surface area contributed by atoms with Crippen LogP contribution in [0.2, 0.25) is 0 Å². The predicted molar refractivity (Wildman–Crippen MR) is 130 cm³/mol. The molecule has 170 valence electrons. The second-order valence-electron chi connectivity index (χ2n) is 8.01. The number of hydrogen-bond donors (Lipinski definition) is 3. The summed E-state index contributed by atoms with van der Waals surface area (Å²) in [4.78, 5) is 26.6. The normalized spacial score (nSPS) is 11.3. The van der Waals surface area contributed by atoms with Crippen molar-refractivity contribution in [1.29, 1.82) is 0 Å². The highest BCUT2D eigenvalue weighted by Gasteiger charge is 2.15. The zero-order valence-corrected chi connectivity index (χ0v) is 19.5. The Labute approximate surface area is 192 Å². The summed E-state index contributed by atoms with van der Waals surface area (Å²) >= 11 is 1.38. The van der Waals surface area contributed by atoms with Gasteiger partial charge in [-0.1, -0.05) is 12.1 Å². The number of carbonyl (C=O) groups is 2. The molecule has 8 heteroatoms. The Balaban J connectivity index is 1.68. The maximum absolute atomic E-state index is 12.8. The molecule has 3 rings (SSSR count). The minimum Gasteiger partial charge on any atom is -0.492 e. The number of amides is 2. The average Bonchev–Trinajstić information content (AvgIpc) is 3.15. The summed E-state index contributed by atoms with van der Waals surface area (Å²) in [6, 6.07) is 15.2.